The fourth-order valence-corrected chi connectivity index (χ4v) is 1.14. The van der Waals surface area contributed by atoms with Gasteiger partial charge in [-0.1, -0.05) is 6.92 Å². The first-order chi connectivity index (χ1) is 6.65. The molecule has 4 nitrogen and oxygen atoms in total. The third-order valence-electron chi connectivity index (χ3n) is 2.47. The number of carbonyl (C=O) groups excluding carboxylic acids is 1. The van der Waals surface area contributed by atoms with E-state index in [2.05, 4.69) is 10.6 Å². The molecule has 1 rings (SSSR count). The first kappa shape index (κ1) is 11.2. The van der Waals surface area contributed by atoms with Crippen LogP contribution in [-0.4, -0.2) is 37.3 Å². The van der Waals surface area contributed by atoms with Crippen LogP contribution >= 0.6 is 0 Å². The molecule has 0 bridgehead atoms. The molecule has 1 aliphatic heterocycles. The van der Waals surface area contributed by atoms with Crippen LogP contribution in [0, 0.1) is 5.92 Å². The number of aliphatic hydroxyl groups excluding tert-OH is 1. The Morgan fingerprint density at radius 2 is 2.29 bits per heavy atom. The number of amides is 1. The van der Waals surface area contributed by atoms with Crippen molar-refractivity contribution in [1.29, 1.82) is 0 Å². The summed E-state index contributed by atoms with van der Waals surface area (Å²) in [5, 5.41) is 14.7. The van der Waals surface area contributed by atoms with E-state index < -0.39 is 0 Å². The van der Waals surface area contributed by atoms with E-state index in [1.54, 1.807) is 0 Å². The van der Waals surface area contributed by atoms with E-state index in [4.69, 9.17) is 5.11 Å². The quantitative estimate of drug-likeness (QED) is 0.541. The van der Waals surface area contributed by atoms with Gasteiger partial charge in [-0.05, 0) is 18.4 Å². The molecule has 1 aliphatic rings. The zero-order chi connectivity index (χ0) is 10.6. The summed E-state index contributed by atoms with van der Waals surface area (Å²) in [4.78, 5) is 11.5. The van der Waals surface area contributed by atoms with Gasteiger partial charge in [0.05, 0.1) is 0 Å². The molecule has 1 unspecified atom stereocenters. The van der Waals surface area contributed by atoms with E-state index in [-0.39, 0.29) is 18.4 Å². The second kappa shape index (κ2) is 5.12. The van der Waals surface area contributed by atoms with Crippen LogP contribution in [0.1, 0.15) is 13.8 Å². The van der Waals surface area contributed by atoms with Crippen LogP contribution in [0.3, 0.4) is 0 Å². The normalized spacial score (nSPS) is 17.2. The van der Waals surface area contributed by atoms with Crippen LogP contribution in [0.15, 0.2) is 11.1 Å². The molecule has 1 heterocycles. The number of nitrogens with one attached hydrogen (secondary N) is 2. The fourth-order valence-electron chi connectivity index (χ4n) is 1.14. The molecule has 1 fully saturated rings. The van der Waals surface area contributed by atoms with E-state index in [1.807, 2.05) is 13.8 Å². The summed E-state index contributed by atoms with van der Waals surface area (Å²) in [5.41, 5.74) is 1.99. The third kappa shape index (κ3) is 2.82. The SMILES string of the molecule is CC(C(=O)NCC(C)CO)=C1CNC1. The van der Waals surface area contributed by atoms with E-state index in [0.717, 1.165) is 18.7 Å². The van der Waals surface area contributed by atoms with Crippen molar-refractivity contribution in [2.45, 2.75) is 13.8 Å². The highest BCUT2D eigenvalue weighted by atomic mass is 16.3. The summed E-state index contributed by atoms with van der Waals surface area (Å²) in [6.45, 7) is 6.04. The van der Waals surface area contributed by atoms with Crippen molar-refractivity contribution >= 4 is 5.91 Å². The average Bonchev–Trinajstić information content (AvgIpc) is 2.10. The van der Waals surface area contributed by atoms with Crippen molar-refractivity contribution in [3.8, 4) is 0 Å². The van der Waals surface area contributed by atoms with Crippen LogP contribution < -0.4 is 10.6 Å². The Morgan fingerprint density at radius 1 is 1.64 bits per heavy atom. The van der Waals surface area contributed by atoms with Gasteiger partial charge < -0.3 is 15.7 Å². The Kier molecular flexibility index (Phi) is 4.10. The molecule has 1 amide bonds. The first-order valence-corrected chi connectivity index (χ1v) is 4.93. The summed E-state index contributed by atoms with van der Waals surface area (Å²) < 4.78 is 0. The third-order valence-corrected chi connectivity index (χ3v) is 2.47. The van der Waals surface area contributed by atoms with Crippen molar-refractivity contribution in [3.63, 3.8) is 0 Å². The van der Waals surface area contributed by atoms with E-state index >= 15 is 0 Å². The molecule has 1 saturated heterocycles. The molecule has 0 saturated carbocycles. The number of rotatable bonds is 4. The molecule has 4 heteroatoms. The largest absolute Gasteiger partial charge is 0.396 e. The molecule has 0 spiro atoms. The van der Waals surface area contributed by atoms with Gasteiger partial charge in [-0.2, -0.15) is 0 Å². The van der Waals surface area contributed by atoms with Crippen molar-refractivity contribution in [3.05, 3.63) is 11.1 Å². The second-order valence-corrected chi connectivity index (χ2v) is 3.83. The van der Waals surface area contributed by atoms with Gasteiger partial charge in [0.25, 0.3) is 0 Å². The highest BCUT2D eigenvalue weighted by molar-refractivity contribution is 5.93. The first-order valence-electron chi connectivity index (χ1n) is 4.93. The Bertz CT molecular complexity index is 243. The number of hydrogen-bond donors (Lipinski definition) is 3. The van der Waals surface area contributed by atoms with Crippen LogP contribution in [0.25, 0.3) is 0 Å². The minimum atomic E-state index is -0.0122. The topological polar surface area (TPSA) is 61.4 Å². The van der Waals surface area contributed by atoms with Crippen molar-refractivity contribution in [2.24, 2.45) is 5.92 Å². The van der Waals surface area contributed by atoms with Crippen molar-refractivity contribution in [1.82, 2.24) is 10.6 Å². The summed E-state index contributed by atoms with van der Waals surface area (Å²) in [6, 6.07) is 0. The molecule has 14 heavy (non-hydrogen) atoms. The van der Waals surface area contributed by atoms with Crippen LogP contribution in [-0.2, 0) is 4.79 Å². The average molecular weight is 198 g/mol. The summed E-state index contributed by atoms with van der Waals surface area (Å²) >= 11 is 0. The summed E-state index contributed by atoms with van der Waals surface area (Å²) in [5.74, 6) is 0.109. The lowest BCUT2D eigenvalue weighted by molar-refractivity contribution is -0.117. The predicted octanol–water partition coefficient (Wildman–Crippen LogP) is -0.349. The number of hydrogen-bond acceptors (Lipinski definition) is 3. The Labute approximate surface area is 84.4 Å². The molecule has 1 atom stereocenters. The molecule has 0 aromatic rings. The van der Waals surface area contributed by atoms with Gasteiger partial charge in [0.15, 0.2) is 0 Å². The molecule has 80 valence electrons. The molecular weight excluding hydrogens is 180 g/mol. The summed E-state index contributed by atoms with van der Waals surface area (Å²) in [6.07, 6.45) is 0. The lowest BCUT2D eigenvalue weighted by Crippen LogP contribution is -2.38. The monoisotopic (exact) mass is 198 g/mol. The highest BCUT2D eigenvalue weighted by Crippen LogP contribution is 2.08. The van der Waals surface area contributed by atoms with Crippen molar-refractivity contribution < 1.29 is 9.90 Å². The van der Waals surface area contributed by atoms with Crippen LogP contribution in [0.5, 0.6) is 0 Å². The Balaban J connectivity index is 2.34. The lowest BCUT2D eigenvalue weighted by atomic mass is 10.0. The lowest BCUT2D eigenvalue weighted by Gasteiger charge is -2.21. The maximum Gasteiger partial charge on any atom is 0.246 e. The van der Waals surface area contributed by atoms with Gasteiger partial charge in [0, 0.05) is 31.8 Å². The molecule has 0 aromatic carbocycles. The molecular formula is C10H18N2O2. The maximum atomic E-state index is 11.5. The van der Waals surface area contributed by atoms with E-state index in [1.165, 1.54) is 5.57 Å². The van der Waals surface area contributed by atoms with Gasteiger partial charge in [0.1, 0.15) is 0 Å². The maximum absolute atomic E-state index is 11.5. The minimum Gasteiger partial charge on any atom is -0.396 e. The molecule has 3 N–H and O–H groups in total. The Morgan fingerprint density at radius 3 is 2.71 bits per heavy atom. The van der Waals surface area contributed by atoms with Crippen LogP contribution in [0.2, 0.25) is 0 Å². The molecule has 0 radical (unpaired) electrons. The van der Waals surface area contributed by atoms with Gasteiger partial charge in [-0.25, -0.2) is 0 Å². The van der Waals surface area contributed by atoms with Crippen molar-refractivity contribution in [2.75, 3.05) is 26.2 Å². The van der Waals surface area contributed by atoms with Gasteiger partial charge in [-0.15, -0.1) is 0 Å². The van der Waals surface area contributed by atoms with Gasteiger partial charge in [-0.3, -0.25) is 4.79 Å². The standard InChI is InChI=1S/C10H18N2O2/c1-7(6-13)3-12-10(14)8(2)9-4-11-5-9/h7,11,13H,3-6H2,1-2H3,(H,12,14). The zero-order valence-electron chi connectivity index (χ0n) is 8.76. The van der Waals surface area contributed by atoms with Gasteiger partial charge >= 0.3 is 0 Å². The predicted molar refractivity (Wildman–Crippen MR) is 54.8 cm³/mol. The molecule has 0 aromatic heterocycles. The van der Waals surface area contributed by atoms with E-state index in [0.29, 0.717) is 6.54 Å². The second-order valence-electron chi connectivity index (χ2n) is 3.83. The number of carbonyl (C=O) groups is 1. The van der Waals surface area contributed by atoms with E-state index in [9.17, 15) is 4.79 Å². The molecule has 0 aliphatic carbocycles. The van der Waals surface area contributed by atoms with Crippen LogP contribution in [0.4, 0.5) is 0 Å². The number of aliphatic hydroxyl groups is 1. The fraction of sp³-hybridized carbons (Fsp3) is 0.700. The van der Waals surface area contributed by atoms with Gasteiger partial charge in [0.2, 0.25) is 5.91 Å². The minimum absolute atomic E-state index is 0.0122. The zero-order valence-corrected chi connectivity index (χ0v) is 8.76. The smallest absolute Gasteiger partial charge is 0.246 e. The Hall–Kier alpha value is -0.870. The highest BCUT2D eigenvalue weighted by Gasteiger charge is 2.15. The summed E-state index contributed by atoms with van der Waals surface area (Å²) in [7, 11) is 0.